The molecular weight excluding hydrogens is 258 g/mol. The Hall–Kier alpha value is -1.73. The monoisotopic (exact) mass is 271 g/mol. The third-order valence-electron chi connectivity index (χ3n) is 2.19. The number of aliphatic carboxylic acids is 1. The van der Waals surface area contributed by atoms with Crippen molar-refractivity contribution in [3.63, 3.8) is 0 Å². The van der Waals surface area contributed by atoms with Crippen molar-refractivity contribution in [3.8, 4) is 0 Å². The molecule has 98 valence electrons. The average Bonchev–Trinajstić information content (AvgIpc) is 2.86. The summed E-state index contributed by atoms with van der Waals surface area (Å²) in [5, 5.41) is 21.2. The van der Waals surface area contributed by atoms with Gasteiger partial charge in [-0.1, -0.05) is 6.07 Å². The van der Waals surface area contributed by atoms with Crippen LogP contribution >= 0.6 is 11.3 Å². The van der Waals surface area contributed by atoms with Crippen molar-refractivity contribution >= 4 is 29.0 Å². The highest BCUT2D eigenvalue weighted by Crippen LogP contribution is 2.12. The number of rotatable bonds is 7. The lowest BCUT2D eigenvalue weighted by Crippen LogP contribution is -2.43. The van der Waals surface area contributed by atoms with Crippen LogP contribution in [0.3, 0.4) is 0 Å². The number of Topliss-reactive ketones (excluding diaryl/α,β-unsaturated/α-hetero) is 1. The Labute approximate surface area is 107 Å². The summed E-state index contributed by atoms with van der Waals surface area (Å²) in [5.41, 5.74) is 0. The van der Waals surface area contributed by atoms with E-state index in [0.29, 0.717) is 4.88 Å². The molecule has 1 atom stereocenters. The smallest absolute Gasteiger partial charge is 0.328 e. The van der Waals surface area contributed by atoms with E-state index in [1.165, 1.54) is 11.3 Å². The fourth-order valence-corrected chi connectivity index (χ4v) is 1.93. The fraction of sp³-hybridized carbons (Fsp3) is 0.364. The Morgan fingerprint density at radius 3 is 2.56 bits per heavy atom. The van der Waals surface area contributed by atoms with Crippen LogP contribution in [0.2, 0.25) is 0 Å². The predicted octanol–water partition coefficient (Wildman–Crippen LogP) is 0.273. The lowest BCUT2D eigenvalue weighted by Gasteiger charge is -2.10. The molecule has 0 aliphatic rings. The number of hydrogen-bond acceptors (Lipinski definition) is 5. The van der Waals surface area contributed by atoms with Gasteiger partial charge in [0.15, 0.2) is 5.78 Å². The van der Waals surface area contributed by atoms with Crippen molar-refractivity contribution in [2.24, 2.45) is 0 Å². The summed E-state index contributed by atoms with van der Waals surface area (Å²) in [6.45, 7) is -0.681. The normalized spacial score (nSPS) is 11.8. The average molecular weight is 271 g/mol. The molecule has 1 aromatic rings. The topological polar surface area (TPSA) is 104 Å². The molecule has 0 bridgehead atoms. The third kappa shape index (κ3) is 4.27. The van der Waals surface area contributed by atoms with E-state index in [2.05, 4.69) is 5.32 Å². The number of thiophene rings is 1. The molecule has 6 nitrogen and oxygen atoms in total. The Balaban J connectivity index is 2.37. The summed E-state index contributed by atoms with van der Waals surface area (Å²) >= 11 is 1.29. The van der Waals surface area contributed by atoms with Gasteiger partial charge in [-0.2, -0.15) is 0 Å². The highest BCUT2D eigenvalue weighted by Gasteiger charge is 2.19. The number of carboxylic acid groups (broad SMARTS) is 1. The maximum atomic E-state index is 11.6. The number of aliphatic hydroxyl groups is 1. The molecule has 0 aliphatic carbocycles. The Kier molecular flexibility index (Phi) is 5.47. The van der Waals surface area contributed by atoms with E-state index in [9.17, 15) is 14.4 Å². The number of hydrogen-bond donors (Lipinski definition) is 3. The van der Waals surface area contributed by atoms with Crippen molar-refractivity contribution in [1.29, 1.82) is 0 Å². The van der Waals surface area contributed by atoms with E-state index in [4.69, 9.17) is 10.2 Å². The Morgan fingerprint density at radius 1 is 1.33 bits per heavy atom. The van der Waals surface area contributed by atoms with Gasteiger partial charge in [-0.3, -0.25) is 9.59 Å². The number of nitrogens with one attached hydrogen (secondary N) is 1. The van der Waals surface area contributed by atoms with Gasteiger partial charge in [-0.25, -0.2) is 4.79 Å². The van der Waals surface area contributed by atoms with Crippen LogP contribution in [0.5, 0.6) is 0 Å². The summed E-state index contributed by atoms with van der Waals surface area (Å²) < 4.78 is 0. The maximum Gasteiger partial charge on any atom is 0.328 e. The molecule has 0 aromatic carbocycles. The first-order valence-electron chi connectivity index (χ1n) is 5.24. The number of amides is 1. The SMILES string of the molecule is O=C(CCC(=O)c1cccs1)NC(CO)C(=O)O. The van der Waals surface area contributed by atoms with Crippen LogP contribution < -0.4 is 5.32 Å². The molecule has 1 amide bonds. The molecule has 7 heteroatoms. The van der Waals surface area contributed by atoms with Crippen molar-refractivity contribution < 1.29 is 24.6 Å². The Bertz CT molecular complexity index is 429. The number of carboxylic acids is 1. The lowest BCUT2D eigenvalue weighted by atomic mass is 10.2. The summed E-state index contributed by atoms with van der Waals surface area (Å²) in [7, 11) is 0. The van der Waals surface area contributed by atoms with Crippen LogP contribution in [0.1, 0.15) is 22.5 Å². The zero-order valence-electron chi connectivity index (χ0n) is 9.46. The molecule has 1 unspecified atom stereocenters. The number of ketones is 1. The summed E-state index contributed by atoms with van der Waals surface area (Å²) in [6, 6.07) is 2.08. The van der Waals surface area contributed by atoms with Gasteiger partial charge >= 0.3 is 5.97 Å². The van der Waals surface area contributed by atoms with Gasteiger partial charge in [0.2, 0.25) is 5.91 Å². The minimum absolute atomic E-state index is 0.0180. The zero-order chi connectivity index (χ0) is 13.5. The van der Waals surface area contributed by atoms with Crippen LogP contribution in [0, 0.1) is 0 Å². The van der Waals surface area contributed by atoms with Gasteiger partial charge in [0.1, 0.15) is 6.04 Å². The second-order valence-corrected chi connectivity index (χ2v) is 4.49. The van der Waals surface area contributed by atoms with Crippen LogP contribution in [0.15, 0.2) is 17.5 Å². The first kappa shape index (κ1) is 14.3. The van der Waals surface area contributed by atoms with E-state index >= 15 is 0 Å². The molecule has 0 aliphatic heterocycles. The highest BCUT2D eigenvalue weighted by molar-refractivity contribution is 7.12. The molecule has 1 aromatic heterocycles. The standard InChI is InChI=1S/C11H13NO5S/c13-6-7(11(16)17)12-10(15)4-3-8(14)9-2-1-5-18-9/h1-2,5,7,13H,3-4,6H2,(H,12,15)(H,16,17). The van der Waals surface area contributed by atoms with Crippen molar-refractivity contribution in [2.45, 2.75) is 18.9 Å². The van der Waals surface area contributed by atoms with Crippen LogP contribution in [0.25, 0.3) is 0 Å². The first-order valence-corrected chi connectivity index (χ1v) is 6.12. The fourth-order valence-electron chi connectivity index (χ4n) is 1.24. The van der Waals surface area contributed by atoms with Gasteiger partial charge in [-0.05, 0) is 11.4 Å². The summed E-state index contributed by atoms with van der Waals surface area (Å²) in [5.74, 6) is -2.03. The minimum atomic E-state index is -1.32. The van der Waals surface area contributed by atoms with Crippen molar-refractivity contribution in [1.82, 2.24) is 5.32 Å². The molecule has 1 heterocycles. The second kappa shape index (κ2) is 6.87. The molecular formula is C11H13NO5S. The summed E-state index contributed by atoms with van der Waals surface area (Å²) in [6.07, 6.45) is -0.0787. The molecule has 0 fully saturated rings. The first-order chi connectivity index (χ1) is 8.54. The highest BCUT2D eigenvalue weighted by atomic mass is 32.1. The summed E-state index contributed by atoms with van der Waals surface area (Å²) in [4.78, 5) is 34.0. The maximum absolute atomic E-state index is 11.6. The quantitative estimate of drug-likeness (QED) is 0.618. The van der Waals surface area contributed by atoms with Gasteiger partial charge < -0.3 is 15.5 Å². The lowest BCUT2D eigenvalue weighted by molar-refractivity contribution is -0.142. The van der Waals surface area contributed by atoms with Crippen LogP contribution in [-0.4, -0.2) is 40.5 Å². The predicted molar refractivity (Wildman–Crippen MR) is 64.5 cm³/mol. The van der Waals surface area contributed by atoms with E-state index in [0.717, 1.165) is 0 Å². The van der Waals surface area contributed by atoms with Crippen LogP contribution in [-0.2, 0) is 9.59 Å². The van der Waals surface area contributed by atoms with E-state index in [1.807, 2.05) is 0 Å². The van der Waals surface area contributed by atoms with E-state index in [-0.39, 0.29) is 18.6 Å². The number of carbonyl (C=O) groups is 3. The van der Waals surface area contributed by atoms with E-state index in [1.54, 1.807) is 17.5 Å². The second-order valence-electron chi connectivity index (χ2n) is 3.54. The minimum Gasteiger partial charge on any atom is -0.480 e. The van der Waals surface area contributed by atoms with Gasteiger partial charge in [0.25, 0.3) is 0 Å². The van der Waals surface area contributed by atoms with Gasteiger partial charge in [0, 0.05) is 12.8 Å². The molecule has 18 heavy (non-hydrogen) atoms. The number of aliphatic hydroxyl groups excluding tert-OH is 1. The third-order valence-corrected chi connectivity index (χ3v) is 3.10. The molecule has 0 saturated carbocycles. The zero-order valence-corrected chi connectivity index (χ0v) is 10.3. The molecule has 3 N–H and O–H groups in total. The van der Waals surface area contributed by atoms with Gasteiger partial charge in [-0.15, -0.1) is 11.3 Å². The number of carbonyl (C=O) groups excluding carboxylic acids is 2. The van der Waals surface area contributed by atoms with Gasteiger partial charge in [0.05, 0.1) is 11.5 Å². The van der Waals surface area contributed by atoms with Crippen molar-refractivity contribution in [2.75, 3.05) is 6.61 Å². The molecule has 0 saturated heterocycles. The van der Waals surface area contributed by atoms with E-state index < -0.39 is 24.5 Å². The molecule has 0 spiro atoms. The van der Waals surface area contributed by atoms with Crippen LogP contribution in [0.4, 0.5) is 0 Å². The van der Waals surface area contributed by atoms with Crippen molar-refractivity contribution in [3.05, 3.63) is 22.4 Å². The Morgan fingerprint density at radius 2 is 2.06 bits per heavy atom. The largest absolute Gasteiger partial charge is 0.480 e. The molecule has 0 radical (unpaired) electrons. The molecule has 1 rings (SSSR count).